The topological polar surface area (TPSA) is 114 Å². The van der Waals surface area contributed by atoms with Crippen LogP contribution in [0.15, 0.2) is 36.5 Å². The van der Waals surface area contributed by atoms with E-state index in [-0.39, 0.29) is 36.9 Å². The fraction of sp³-hybridized carbons (Fsp3) is 0.417. The van der Waals surface area contributed by atoms with Crippen molar-refractivity contribution in [3.05, 3.63) is 48.2 Å². The quantitative estimate of drug-likeness (QED) is 0.473. The molecule has 0 spiro atoms. The van der Waals surface area contributed by atoms with Gasteiger partial charge in [0.05, 0.1) is 42.6 Å². The van der Waals surface area contributed by atoms with E-state index in [1.165, 1.54) is 12.1 Å². The summed E-state index contributed by atoms with van der Waals surface area (Å²) in [4.78, 5) is 30.6. The van der Waals surface area contributed by atoms with E-state index in [1.807, 2.05) is 19.0 Å². The summed E-state index contributed by atoms with van der Waals surface area (Å²) in [6.07, 6.45) is 1.41. The van der Waals surface area contributed by atoms with Crippen molar-refractivity contribution in [3.8, 4) is 28.7 Å². The molecule has 1 fully saturated rings. The molecule has 11 heteroatoms. The minimum absolute atomic E-state index is 0.116. The van der Waals surface area contributed by atoms with E-state index < -0.39 is 6.29 Å². The first kappa shape index (κ1) is 24.7. The molecule has 10 nitrogen and oxygen atoms in total. The van der Waals surface area contributed by atoms with Gasteiger partial charge >= 0.3 is 6.01 Å². The van der Waals surface area contributed by atoms with E-state index in [1.54, 1.807) is 31.4 Å². The van der Waals surface area contributed by atoms with Crippen LogP contribution in [0.1, 0.15) is 5.82 Å². The molecule has 0 atom stereocenters. The number of amides is 1. The maximum atomic E-state index is 13.6. The summed E-state index contributed by atoms with van der Waals surface area (Å²) >= 11 is 0. The van der Waals surface area contributed by atoms with Gasteiger partial charge in [0.1, 0.15) is 18.2 Å². The average Bonchev–Trinajstić information content (AvgIpc) is 3.28. The fourth-order valence-electron chi connectivity index (χ4n) is 3.56. The van der Waals surface area contributed by atoms with Crippen molar-refractivity contribution < 1.29 is 23.4 Å². The van der Waals surface area contributed by atoms with Crippen molar-refractivity contribution in [2.24, 2.45) is 5.92 Å². The number of hydrogen-bond acceptors (Lipinski definition) is 8. The second kappa shape index (κ2) is 11.3. The van der Waals surface area contributed by atoms with Gasteiger partial charge in [0, 0.05) is 25.4 Å². The first-order valence-corrected chi connectivity index (χ1v) is 11.3. The number of halogens is 1. The predicted molar refractivity (Wildman–Crippen MR) is 126 cm³/mol. The summed E-state index contributed by atoms with van der Waals surface area (Å²) in [5, 5.41) is 2.60. The number of H-pyrrole nitrogens is 1. The Balaban J connectivity index is 1.57. The third kappa shape index (κ3) is 6.38. The minimum Gasteiger partial charge on any atom is -0.462 e. The zero-order chi connectivity index (χ0) is 24.8. The van der Waals surface area contributed by atoms with E-state index in [2.05, 4.69) is 20.3 Å². The predicted octanol–water partition coefficient (Wildman–Crippen LogP) is 1.89. The molecule has 0 saturated carbocycles. The standard InChI is InChI=1S/C24H29FN6O4/c1-26-23(32)16-13-34-20(35-14-16)12-19-29-21(15-4-6-17(25)7-5-15)22(30-19)18-8-9-27-24(28-18)33-11-10-31(2)3/h4-9,16,20H,10-14H2,1-3H3,(H,26,32)(H,29,30). The first-order valence-electron chi connectivity index (χ1n) is 11.3. The summed E-state index contributed by atoms with van der Waals surface area (Å²) in [5.41, 5.74) is 2.56. The van der Waals surface area contributed by atoms with Crippen molar-refractivity contribution in [3.63, 3.8) is 0 Å². The largest absolute Gasteiger partial charge is 0.462 e. The van der Waals surface area contributed by atoms with E-state index >= 15 is 0 Å². The van der Waals surface area contributed by atoms with E-state index in [0.29, 0.717) is 35.9 Å². The summed E-state index contributed by atoms with van der Waals surface area (Å²) in [6.45, 7) is 1.71. The number of carbonyl (C=O) groups is 1. The number of likely N-dealkylation sites (N-methyl/N-ethyl adjacent to an activating group) is 1. The van der Waals surface area contributed by atoms with Gasteiger partial charge in [-0.1, -0.05) is 0 Å². The molecule has 0 bridgehead atoms. The van der Waals surface area contributed by atoms with E-state index in [9.17, 15) is 9.18 Å². The van der Waals surface area contributed by atoms with E-state index in [4.69, 9.17) is 19.2 Å². The third-order valence-electron chi connectivity index (χ3n) is 5.47. The average molecular weight is 485 g/mol. The van der Waals surface area contributed by atoms with Gasteiger partial charge in [-0.3, -0.25) is 4.79 Å². The second-order valence-electron chi connectivity index (χ2n) is 8.40. The zero-order valence-electron chi connectivity index (χ0n) is 20.0. The molecule has 1 aliphatic heterocycles. The van der Waals surface area contributed by atoms with Crippen LogP contribution >= 0.6 is 0 Å². The highest BCUT2D eigenvalue weighted by atomic mass is 19.1. The Morgan fingerprint density at radius 3 is 2.63 bits per heavy atom. The summed E-state index contributed by atoms with van der Waals surface area (Å²) in [7, 11) is 5.50. The van der Waals surface area contributed by atoms with Gasteiger partial charge in [-0.05, 0) is 44.4 Å². The highest BCUT2D eigenvalue weighted by Crippen LogP contribution is 2.30. The van der Waals surface area contributed by atoms with Crippen LogP contribution in [0.5, 0.6) is 6.01 Å². The smallest absolute Gasteiger partial charge is 0.316 e. The Morgan fingerprint density at radius 2 is 1.94 bits per heavy atom. The molecule has 186 valence electrons. The van der Waals surface area contributed by atoms with Gasteiger partial charge in [-0.2, -0.15) is 4.98 Å². The summed E-state index contributed by atoms with van der Waals surface area (Å²) < 4.78 is 30.7. The van der Waals surface area contributed by atoms with Crippen LogP contribution in [-0.4, -0.2) is 84.5 Å². The molecular formula is C24H29FN6O4. The van der Waals surface area contributed by atoms with Crippen molar-refractivity contribution in [2.75, 3.05) is 47.5 Å². The number of hydrogen-bond donors (Lipinski definition) is 2. The van der Waals surface area contributed by atoms with Crippen LogP contribution in [0, 0.1) is 11.7 Å². The number of benzene rings is 1. The molecule has 0 unspecified atom stereocenters. The zero-order valence-corrected chi connectivity index (χ0v) is 20.0. The van der Waals surface area contributed by atoms with Gasteiger partial charge in [0.15, 0.2) is 6.29 Å². The lowest BCUT2D eigenvalue weighted by atomic mass is 10.1. The number of imidazole rings is 1. The Labute approximate surface area is 202 Å². The third-order valence-corrected chi connectivity index (χ3v) is 5.47. The number of aromatic amines is 1. The fourth-order valence-corrected chi connectivity index (χ4v) is 3.56. The molecular weight excluding hydrogens is 455 g/mol. The lowest BCUT2D eigenvalue weighted by Gasteiger charge is -2.27. The summed E-state index contributed by atoms with van der Waals surface area (Å²) in [6, 6.07) is 8.10. The Kier molecular flexibility index (Phi) is 8.01. The van der Waals surface area contributed by atoms with Crippen molar-refractivity contribution in [1.29, 1.82) is 0 Å². The lowest BCUT2D eigenvalue weighted by Crippen LogP contribution is -2.41. The SMILES string of the molecule is CNC(=O)C1COC(Cc2nc(-c3ccc(F)cc3)c(-c3ccnc(OCCN(C)C)n3)[nH]2)OC1. The minimum atomic E-state index is -0.550. The number of nitrogens with zero attached hydrogens (tertiary/aromatic N) is 4. The molecule has 3 heterocycles. The van der Waals surface area contributed by atoms with Crippen LogP contribution in [0.4, 0.5) is 4.39 Å². The molecule has 3 aromatic rings. The van der Waals surface area contributed by atoms with Crippen LogP contribution in [0.2, 0.25) is 0 Å². The van der Waals surface area contributed by atoms with Gasteiger partial charge in [0.25, 0.3) is 0 Å². The first-order chi connectivity index (χ1) is 16.9. The number of carbonyl (C=O) groups excluding carboxylic acids is 1. The molecule has 2 N–H and O–H groups in total. The highest BCUT2D eigenvalue weighted by Gasteiger charge is 2.28. The maximum Gasteiger partial charge on any atom is 0.316 e. The number of ether oxygens (including phenoxy) is 3. The molecule has 1 amide bonds. The lowest BCUT2D eigenvalue weighted by molar-refractivity contribution is -0.200. The van der Waals surface area contributed by atoms with Crippen LogP contribution < -0.4 is 10.1 Å². The molecule has 0 radical (unpaired) electrons. The number of nitrogens with one attached hydrogen (secondary N) is 2. The van der Waals surface area contributed by atoms with Crippen LogP contribution in [0.25, 0.3) is 22.6 Å². The van der Waals surface area contributed by atoms with Crippen molar-refractivity contribution >= 4 is 5.91 Å². The van der Waals surface area contributed by atoms with Crippen LogP contribution in [-0.2, 0) is 20.7 Å². The monoisotopic (exact) mass is 484 g/mol. The van der Waals surface area contributed by atoms with Gasteiger partial charge in [-0.25, -0.2) is 14.4 Å². The molecule has 2 aromatic heterocycles. The maximum absolute atomic E-state index is 13.6. The molecule has 4 rings (SSSR count). The Morgan fingerprint density at radius 1 is 1.20 bits per heavy atom. The second-order valence-corrected chi connectivity index (χ2v) is 8.40. The Hall–Kier alpha value is -3.41. The number of rotatable bonds is 9. The molecule has 1 saturated heterocycles. The highest BCUT2D eigenvalue weighted by molar-refractivity contribution is 5.78. The number of aromatic nitrogens is 4. The summed E-state index contributed by atoms with van der Waals surface area (Å²) in [5.74, 6) is -0.185. The van der Waals surface area contributed by atoms with Crippen molar-refractivity contribution in [2.45, 2.75) is 12.7 Å². The van der Waals surface area contributed by atoms with Crippen LogP contribution in [0.3, 0.4) is 0 Å². The molecule has 0 aliphatic carbocycles. The molecule has 1 aliphatic rings. The van der Waals surface area contributed by atoms with Crippen molar-refractivity contribution in [1.82, 2.24) is 30.2 Å². The van der Waals surface area contributed by atoms with Gasteiger partial charge < -0.3 is 29.4 Å². The van der Waals surface area contributed by atoms with E-state index in [0.717, 1.165) is 12.1 Å². The van der Waals surface area contributed by atoms with Gasteiger partial charge in [0.2, 0.25) is 5.91 Å². The van der Waals surface area contributed by atoms with Gasteiger partial charge in [-0.15, -0.1) is 0 Å². The molecule has 35 heavy (non-hydrogen) atoms. The Bertz CT molecular complexity index is 1130. The normalized spacial score (nSPS) is 18.0. The molecule has 1 aromatic carbocycles.